The first kappa shape index (κ1) is 31.3. The van der Waals surface area contributed by atoms with Crippen molar-refractivity contribution in [1.82, 2.24) is 0 Å². The molecule has 5 rings (SSSR count). The molecule has 3 aromatic rings. The molecule has 2 aliphatic heterocycles. The van der Waals surface area contributed by atoms with Crippen LogP contribution in [-0.2, 0) is 21.0 Å². The highest BCUT2D eigenvalue weighted by Crippen LogP contribution is 2.49. The molecule has 2 aliphatic rings. The van der Waals surface area contributed by atoms with Crippen molar-refractivity contribution >= 4 is 23.4 Å². The second-order valence-corrected chi connectivity index (χ2v) is 10.1. The second kappa shape index (κ2) is 12.8. The number of nitrogens with zero attached hydrogens (tertiary/aromatic N) is 1. The molecule has 1 saturated heterocycles. The lowest BCUT2D eigenvalue weighted by atomic mass is 10.1. The molecule has 1 amide bonds. The molecule has 0 bridgehead atoms. The van der Waals surface area contributed by atoms with Crippen molar-refractivity contribution in [3.05, 3.63) is 70.8 Å². The van der Waals surface area contributed by atoms with E-state index in [1.165, 1.54) is 44.2 Å². The number of hydrogen-bond donors (Lipinski definition) is 5. The Bertz CT molecular complexity index is 1680. The highest BCUT2D eigenvalue weighted by atomic mass is 19.2. The van der Waals surface area contributed by atoms with E-state index >= 15 is 0 Å². The first-order chi connectivity index (χ1) is 21.4. The average Bonchev–Trinajstić information content (AvgIpc) is 3.58. The molecule has 5 N–H and O–H groups in total. The minimum absolute atomic E-state index is 0.0216. The number of oxime groups is 1. The third-order valence-corrected chi connectivity index (χ3v) is 6.85. The van der Waals surface area contributed by atoms with Crippen molar-refractivity contribution in [1.29, 1.82) is 0 Å². The number of ether oxygens (including phenoxy) is 4. The van der Waals surface area contributed by atoms with Crippen LogP contribution in [0.2, 0.25) is 0 Å². The van der Waals surface area contributed by atoms with Crippen LogP contribution in [0.25, 0.3) is 6.08 Å². The van der Waals surface area contributed by atoms with Crippen LogP contribution in [0.4, 0.5) is 18.9 Å². The molecule has 3 aromatic carbocycles. The lowest BCUT2D eigenvalue weighted by Crippen LogP contribution is -2.34. The number of alkyl halides is 1. The van der Waals surface area contributed by atoms with Crippen LogP contribution in [0.5, 0.6) is 34.5 Å². The summed E-state index contributed by atoms with van der Waals surface area (Å²) in [7, 11) is 0. The largest absolute Gasteiger partial charge is 0.507 e. The normalized spacial score (nSPS) is 21.1. The van der Waals surface area contributed by atoms with Crippen molar-refractivity contribution in [2.75, 3.05) is 12.1 Å². The van der Waals surface area contributed by atoms with Gasteiger partial charge in [0.05, 0.1) is 5.71 Å². The lowest BCUT2D eigenvalue weighted by molar-refractivity contribution is -0.112. The number of phenols is 3. The molecule has 0 aliphatic carbocycles. The third kappa shape index (κ3) is 6.68. The first-order valence-electron chi connectivity index (χ1n) is 13.3. The molecule has 45 heavy (non-hydrogen) atoms. The fourth-order valence-corrected chi connectivity index (χ4v) is 4.46. The fraction of sp³-hybridized carbons (Fsp3) is 0.267. The molecule has 12 nitrogen and oxygen atoms in total. The summed E-state index contributed by atoms with van der Waals surface area (Å²) in [6.45, 7) is 2.45. The van der Waals surface area contributed by atoms with Gasteiger partial charge in [-0.2, -0.15) is 0 Å². The summed E-state index contributed by atoms with van der Waals surface area (Å²) in [5, 5.41) is 47.5. The number of aliphatic hydroxyl groups is 1. The van der Waals surface area contributed by atoms with Gasteiger partial charge >= 0.3 is 0 Å². The van der Waals surface area contributed by atoms with Crippen LogP contribution in [-0.4, -0.2) is 63.5 Å². The number of hydrogen-bond acceptors (Lipinski definition) is 11. The minimum atomic E-state index is -2.01. The maximum Gasteiger partial charge on any atom is 0.251 e. The van der Waals surface area contributed by atoms with Gasteiger partial charge in [-0.3, -0.25) is 4.79 Å². The van der Waals surface area contributed by atoms with E-state index in [4.69, 9.17) is 23.8 Å². The van der Waals surface area contributed by atoms with Gasteiger partial charge in [-0.25, -0.2) is 13.2 Å². The fourth-order valence-electron chi connectivity index (χ4n) is 4.46. The zero-order chi connectivity index (χ0) is 32.4. The average molecular weight is 633 g/mol. The number of fused-ring (bicyclic) bond motifs is 1. The minimum Gasteiger partial charge on any atom is -0.507 e. The van der Waals surface area contributed by atoms with E-state index in [-0.39, 0.29) is 58.9 Å². The van der Waals surface area contributed by atoms with Crippen molar-refractivity contribution in [3.8, 4) is 34.5 Å². The Balaban J connectivity index is 1.20. The molecule has 2 heterocycles. The second-order valence-electron chi connectivity index (χ2n) is 10.1. The Morgan fingerprint density at radius 3 is 2.58 bits per heavy atom. The van der Waals surface area contributed by atoms with Crippen LogP contribution >= 0.6 is 0 Å². The van der Waals surface area contributed by atoms with E-state index in [2.05, 4.69) is 10.5 Å². The van der Waals surface area contributed by atoms with Crippen molar-refractivity contribution < 1.29 is 62.2 Å². The standard InChI is InChI=1S/C30H27F3N2O10/c1-13(29(40)34-24-21(37)10-22-28(26(24)39)42-12-41-22)7-16-4-5-17(9-20(16)36)44-30-23(33)25(38)27(45-30)14(2)35-43-11-15-3-6-18(31)19(32)8-15/h3-10,23,25,27,30,36-39H,11-12H2,1-2H3,(H,34,40)/b13-7+,35-14+/t23-,25-,27+,30+/m0/s1. The van der Waals surface area contributed by atoms with Gasteiger partial charge < -0.3 is 49.5 Å². The topological polar surface area (TPSA) is 169 Å². The van der Waals surface area contributed by atoms with E-state index in [1.807, 2.05) is 0 Å². The summed E-state index contributed by atoms with van der Waals surface area (Å²) in [4.78, 5) is 17.8. The van der Waals surface area contributed by atoms with Gasteiger partial charge in [0, 0.05) is 23.3 Å². The highest BCUT2D eigenvalue weighted by Gasteiger charge is 2.47. The molecule has 0 spiro atoms. The Hall–Kier alpha value is -5.15. The number of carbonyl (C=O) groups excluding carboxylic acids is 1. The number of rotatable bonds is 9. The Kier molecular flexibility index (Phi) is 8.92. The Morgan fingerprint density at radius 1 is 1.07 bits per heavy atom. The van der Waals surface area contributed by atoms with Gasteiger partial charge in [0.2, 0.25) is 18.8 Å². The summed E-state index contributed by atoms with van der Waals surface area (Å²) in [5.74, 6) is -4.04. The van der Waals surface area contributed by atoms with E-state index in [1.54, 1.807) is 0 Å². The number of amides is 1. The predicted octanol–water partition coefficient (Wildman–Crippen LogP) is 4.25. The highest BCUT2D eigenvalue weighted by molar-refractivity contribution is 6.08. The Labute approximate surface area is 253 Å². The summed E-state index contributed by atoms with van der Waals surface area (Å²) < 4.78 is 62.5. The zero-order valence-corrected chi connectivity index (χ0v) is 23.7. The van der Waals surface area contributed by atoms with Gasteiger partial charge in [-0.1, -0.05) is 11.2 Å². The van der Waals surface area contributed by atoms with Crippen molar-refractivity contribution in [2.24, 2.45) is 5.16 Å². The molecule has 238 valence electrons. The van der Waals surface area contributed by atoms with Gasteiger partial charge in [0.15, 0.2) is 29.3 Å². The lowest BCUT2D eigenvalue weighted by Gasteiger charge is -2.16. The van der Waals surface area contributed by atoms with Gasteiger partial charge in [0.25, 0.3) is 5.91 Å². The van der Waals surface area contributed by atoms with Gasteiger partial charge in [-0.15, -0.1) is 0 Å². The third-order valence-electron chi connectivity index (χ3n) is 6.85. The number of halogens is 3. The molecule has 0 aromatic heterocycles. The number of aliphatic hydroxyl groups excluding tert-OH is 1. The molecule has 0 radical (unpaired) electrons. The maximum absolute atomic E-state index is 14.9. The van der Waals surface area contributed by atoms with Crippen LogP contribution < -0.4 is 19.5 Å². The molecular weight excluding hydrogens is 605 g/mol. The van der Waals surface area contributed by atoms with Crippen LogP contribution in [0, 0.1) is 11.6 Å². The number of benzene rings is 3. The van der Waals surface area contributed by atoms with Crippen LogP contribution in [0.15, 0.2) is 53.2 Å². The summed E-state index contributed by atoms with van der Waals surface area (Å²) in [5.41, 5.74) is 0.305. The number of phenolic OH excluding ortho intramolecular Hbond substituents is 3. The quantitative estimate of drug-likeness (QED) is 0.0996. The smallest absolute Gasteiger partial charge is 0.251 e. The van der Waals surface area contributed by atoms with Gasteiger partial charge in [-0.05, 0) is 49.8 Å². The van der Waals surface area contributed by atoms with E-state index < -0.39 is 53.7 Å². The summed E-state index contributed by atoms with van der Waals surface area (Å²) in [6.07, 6.45) is -5.21. The predicted molar refractivity (Wildman–Crippen MR) is 151 cm³/mol. The number of nitrogens with one attached hydrogen (secondary N) is 1. The molecular formula is C30H27F3N2O10. The van der Waals surface area contributed by atoms with Crippen LogP contribution in [0.1, 0.15) is 25.0 Å². The summed E-state index contributed by atoms with van der Waals surface area (Å²) in [6, 6.07) is 8.25. The molecule has 0 saturated carbocycles. The van der Waals surface area contributed by atoms with Gasteiger partial charge in [0.1, 0.15) is 41.8 Å². The van der Waals surface area contributed by atoms with E-state index in [0.29, 0.717) is 5.56 Å². The summed E-state index contributed by atoms with van der Waals surface area (Å²) >= 11 is 0. The number of anilines is 1. The van der Waals surface area contributed by atoms with E-state index in [9.17, 15) is 38.4 Å². The van der Waals surface area contributed by atoms with Crippen LogP contribution in [0.3, 0.4) is 0 Å². The zero-order valence-electron chi connectivity index (χ0n) is 23.7. The number of aromatic hydroxyl groups is 3. The monoisotopic (exact) mass is 632 g/mol. The van der Waals surface area contributed by atoms with Crippen molar-refractivity contribution in [3.63, 3.8) is 0 Å². The SMILES string of the molecule is C/C(=C\c1ccc(O[C@@H]2O[C@H](/C(C)=N/OCc3ccc(F)c(F)c3)[C@@H](O)[C@@H]2F)cc1O)C(=O)Nc1c(O)cc2c(c1O)OCO2. The first-order valence-corrected chi connectivity index (χ1v) is 13.3. The number of carbonyl (C=O) groups is 1. The van der Waals surface area contributed by atoms with Crippen molar-refractivity contribution in [2.45, 2.75) is 45.1 Å². The Morgan fingerprint density at radius 2 is 1.84 bits per heavy atom. The molecule has 0 unspecified atom stereocenters. The molecule has 1 fully saturated rings. The van der Waals surface area contributed by atoms with E-state index in [0.717, 1.165) is 18.2 Å². The maximum atomic E-state index is 14.9. The molecule has 4 atom stereocenters. The molecule has 15 heteroatoms.